The molecular weight excluding hydrogens is 306 g/mol. The third-order valence-corrected chi connectivity index (χ3v) is 3.06. The molecule has 1 rings (SSSR count). The lowest BCUT2D eigenvalue weighted by atomic mass is 10.2. The third kappa shape index (κ3) is 3.87. The molecule has 0 unspecified atom stereocenters. The summed E-state index contributed by atoms with van der Waals surface area (Å²) in [5.74, 6) is 0.323. The lowest BCUT2D eigenvalue weighted by Crippen LogP contribution is -2.30. The zero-order valence-corrected chi connectivity index (χ0v) is 10.8. The first-order chi connectivity index (χ1) is 7.33. The van der Waals surface area contributed by atoms with E-state index in [2.05, 4.69) is 15.9 Å². The van der Waals surface area contributed by atoms with Gasteiger partial charge in [-0.15, -0.1) is 11.6 Å². The molecule has 0 atom stereocenters. The molecule has 0 spiro atoms. The highest BCUT2D eigenvalue weighted by molar-refractivity contribution is 9.10. The molecule has 0 N–H and O–H groups in total. The molecule has 0 radical (unpaired) electrons. The summed E-state index contributed by atoms with van der Waals surface area (Å²) < 4.78 is 37.2. The molecule has 0 aromatic heterocycles. The predicted molar refractivity (Wildman–Crippen MR) is 63.0 cm³/mol. The van der Waals surface area contributed by atoms with Crippen LogP contribution in [-0.4, -0.2) is 19.8 Å². The Morgan fingerprint density at radius 2 is 2.00 bits per heavy atom. The quantitative estimate of drug-likeness (QED) is 0.756. The largest absolute Gasteiger partial charge is 0.405 e. The van der Waals surface area contributed by atoms with Crippen LogP contribution in [0.1, 0.15) is 5.56 Å². The molecule has 90 valence electrons. The fraction of sp³-hybridized carbons (Fsp3) is 0.400. The van der Waals surface area contributed by atoms with Crippen LogP contribution in [0.25, 0.3) is 0 Å². The van der Waals surface area contributed by atoms with Crippen LogP contribution in [0.5, 0.6) is 0 Å². The van der Waals surface area contributed by atoms with Crippen LogP contribution in [-0.2, 0) is 5.88 Å². The summed E-state index contributed by atoms with van der Waals surface area (Å²) in [6, 6.07) is 4.96. The highest BCUT2D eigenvalue weighted by atomic mass is 79.9. The SMILES string of the molecule is CN(CC(F)(F)F)c1ccc(CCl)c(Br)c1. The van der Waals surface area contributed by atoms with Crippen molar-refractivity contribution in [3.05, 3.63) is 28.2 Å². The average molecular weight is 317 g/mol. The molecule has 0 amide bonds. The smallest absolute Gasteiger partial charge is 0.366 e. The van der Waals surface area contributed by atoms with Crippen molar-refractivity contribution in [3.8, 4) is 0 Å². The Labute approximate surface area is 105 Å². The van der Waals surface area contributed by atoms with Gasteiger partial charge in [0.25, 0.3) is 0 Å². The summed E-state index contributed by atoms with van der Waals surface area (Å²) in [4.78, 5) is 1.14. The van der Waals surface area contributed by atoms with Crippen molar-refractivity contribution in [2.75, 3.05) is 18.5 Å². The summed E-state index contributed by atoms with van der Waals surface area (Å²) >= 11 is 8.91. The van der Waals surface area contributed by atoms with Crippen molar-refractivity contribution in [3.63, 3.8) is 0 Å². The number of nitrogens with zero attached hydrogens (tertiary/aromatic N) is 1. The second-order valence-corrected chi connectivity index (χ2v) is 4.50. The average Bonchev–Trinajstić information content (AvgIpc) is 2.15. The molecule has 0 heterocycles. The van der Waals surface area contributed by atoms with Gasteiger partial charge in [-0.2, -0.15) is 13.2 Å². The number of alkyl halides is 4. The van der Waals surface area contributed by atoms with Gasteiger partial charge in [0.05, 0.1) is 0 Å². The van der Waals surface area contributed by atoms with Gasteiger partial charge >= 0.3 is 6.18 Å². The van der Waals surface area contributed by atoms with E-state index in [1.165, 1.54) is 7.05 Å². The topological polar surface area (TPSA) is 3.24 Å². The molecular formula is C10H10BrClF3N. The third-order valence-electron chi connectivity index (χ3n) is 2.04. The molecule has 0 aliphatic carbocycles. The minimum atomic E-state index is -4.20. The van der Waals surface area contributed by atoms with Crippen molar-refractivity contribution < 1.29 is 13.2 Å². The van der Waals surface area contributed by atoms with Gasteiger partial charge < -0.3 is 4.90 Å². The van der Waals surface area contributed by atoms with E-state index in [9.17, 15) is 13.2 Å². The number of halogens is 5. The zero-order chi connectivity index (χ0) is 12.3. The molecule has 1 aromatic carbocycles. The Hall–Kier alpha value is -0.420. The van der Waals surface area contributed by atoms with Gasteiger partial charge in [-0.25, -0.2) is 0 Å². The van der Waals surface area contributed by atoms with E-state index < -0.39 is 12.7 Å². The van der Waals surface area contributed by atoms with E-state index in [-0.39, 0.29) is 0 Å². The molecule has 0 fully saturated rings. The first kappa shape index (κ1) is 13.6. The first-order valence-corrected chi connectivity index (χ1v) is 5.78. The number of rotatable bonds is 3. The summed E-state index contributed by atoms with van der Waals surface area (Å²) in [7, 11) is 1.40. The Bertz CT molecular complexity index is 368. The number of hydrogen-bond acceptors (Lipinski definition) is 1. The van der Waals surface area contributed by atoms with Gasteiger partial charge in [0.15, 0.2) is 0 Å². The van der Waals surface area contributed by atoms with Gasteiger partial charge in [-0.3, -0.25) is 0 Å². The van der Waals surface area contributed by atoms with Crippen LogP contribution < -0.4 is 4.90 Å². The number of benzene rings is 1. The maximum absolute atomic E-state index is 12.2. The van der Waals surface area contributed by atoms with Crippen LogP contribution in [0.3, 0.4) is 0 Å². The molecule has 0 bridgehead atoms. The second-order valence-electron chi connectivity index (χ2n) is 3.38. The van der Waals surface area contributed by atoms with E-state index in [1.807, 2.05) is 0 Å². The fourth-order valence-electron chi connectivity index (χ4n) is 1.24. The van der Waals surface area contributed by atoms with Crippen LogP contribution >= 0.6 is 27.5 Å². The highest BCUT2D eigenvalue weighted by Crippen LogP contribution is 2.26. The summed E-state index contributed by atoms with van der Waals surface area (Å²) in [6.45, 7) is -0.973. The zero-order valence-electron chi connectivity index (χ0n) is 8.48. The Morgan fingerprint density at radius 1 is 1.38 bits per heavy atom. The summed E-state index contributed by atoms with van der Waals surface area (Å²) in [5, 5.41) is 0. The van der Waals surface area contributed by atoms with Gasteiger partial charge in [0.2, 0.25) is 0 Å². The van der Waals surface area contributed by atoms with E-state index >= 15 is 0 Å². The van der Waals surface area contributed by atoms with Gasteiger partial charge in [-0.1, -0.05) is 22.0 Å². The number of anilines is 1. The Morgan fingerprint density at radius 3 is 2.44 bits per heavy atom. The summed E-state index contributed by atoms with van der Waals surface area (Å²) in [6.07, 6.45) is -4.20. The van der Waals surface area contributed by atoms with E-state index in [1.54, 1.807) is 18.2 Å². The lowest BCUT2D eigenvalue weighted by molar-refractivity contribution is -0.119. The molecule has 0 aliphatic heterocycles. The van der Waals surface area contributed by atoms with E-state index in [0.717, 1.165) is 10.5 Å². The van der Waals surface area contributed by atoms with Crippen LogP contribution in [0, 0.1) is 0 Å². The Balaban J connectivity index is 2.85. The standard InChI is InChI=1S/C10H10BrClF3N/c1-16(6-10(13,14)15)8-3-2-7(5-12)9(11)4-8/h2-4H,5-6H2,1H3. The molecule has 1 aromatic rings. The molecule has 0 saturated carbocycles. The minimum Gasteiger partial charge on any atom is -0.366 e. The van der Waals surface area contributed by atoms with Gasteiger partial charge in [-0.05, 0) is 17.7 Å². The van der Waals surface area contributed by atoms with Gasteiger partial charge in [0, 0.05) is 23.1 Å². The number of hydrogen-bond donors (Lipinski definition) is 0. The maximum atomic E-state index is 12.2. The minimum absolute atomic E-state index is 0.323. The van der Waals surface area contributed by atoms with Crippen LogP contribution in [0.15, 0.2) is 22.7 Å². The lowest BCUT2D eigenvalue weighted by Gasteiger charge is -2.21. The monoisotopic (exact) mass is 315 g/mol. The van der Waals surface area contributed by atoms with Crippen molar-refractivity contribution in [1.82, 2.24) is 0 Å². The van der Waals surface area contributed by atoms with E-state index in [0.29, 0.717) is 16.0 Å². The van der Waals surface area contributed by atoms with Crippen molar-refractivity contribution in [1.29, 1.82) is 0 Å². The summed E-state index contributed by atoms with van der Waals surface area (Å²) in [5.41, 5.74) is 1.35. The highest BCUT2D eigenvalue weighted by Gasteiger charge is 2.29. The maximum Gasteiger partial charge on any atom is 0.405 e. The Kier molecular flexibility index (Phi) is 4.50. The molecule has 1 nitrogen and oxygen atoms in total. The van der Waals surface area contributed by atoms with Crippen LogP contribution in [0.4, 0.5) is 18.9 Å². The van der Waals surface area contributed by atoms with Crippen molar-refractivity contribution in [2.45, 2.75) is 12.1 Å². The van der Waals surface area contributed by atoms with E-state index in [4.69, 9.17) is 11.6 Å². The van der Waals surface area contributed by atoms with Crippen molar-refractivity contribution in [2.24, 2.45) is 0 Å². The van der Waals surface area contributed by atoms with Crippen molar-refractivity contribution >= 4 is 33.2 Å². The molecule has 16 heavy (non-hydrogen) atoms. The molecule has 0 aliphatic rings. The molecule has 0 saturated heterocycles. The fourth-order valence-corrected chi connectivity index (χ4v) is 2.14. The molecule has 6 heteroatoms. The normalized spacial score (nSPS) is 11.6. The predicted octanol–water partition coefficient (Wildman–Crippen LogP) is 4.19. The van der Waals surface area contributed by atoms with Gasteiger partial charge in [0.1, 0.15) is 6.54 Å². The van der Waals surface area contributed by atoms with Crippen LogP contribution in [0.2, 0.25) is 0 Å². The first-order valence-electron chi connectivity index (χ1n) is 4.46. The second kappa shape index (κ2) is 5.27.